The highest BCUT2D eigenvalue weighted by atomic mass is 16.5. The lowest BCUT2D eigenvalue weighted by molar-refractivity contribution is -0.137. The number of imide groups is 1. The second kappa shape index (κ2) is 16.9. The number of aromatic nitrogens is 2. The molecule has 2 aromatic carbocycles. The summed E-state index contributed by atoms with van der Waals surface area (Å²) in [5, 5.41) is 3.71. The maximum absolute atomic E-state index is 12.9. The number of carbonyl (C=O) groups excluding carboxylic acids is 3. The molecule has 4 aromatic rings. The zero-order valence-electron chi connectivity index (χ0n) is 31.6. The van der Waals surface area contributed by atoms with Gasteiger partial charge in [-0.2, -0.15) is 0 Å². The first-order valence-electron chi connectivity index (χ1n) is 18.9. The third-order valence-electron chi connectivity index (χ3n) is 10.9. The van der Waals surface area contributed by atoms with Crippen molar-refractivity contribution in [3.05, 3.63) is 77.0 Å². The highest BCUT2D eigenvalue weighted by Gasteiger charge is 2.29. The predicted octanol–water partition coefficient (Wildman–Crippen LogP) is 4.16. The van der Waals surface area contributed by atoms with Crippen LogP contribution in [0, 0.1) is 0 Å². The number of nitrogens with zero attached hydrogens (tertiary/aromatic N) is 5. The largest absolute Gasteiger partial charge is 0.496 e. The number of hydrogen-bond donors (Lipinski definition) is 1. The second-order valence-electron chi connectivity index (χ2n) is 14.3. The SMILES string of the molecule is COc1cc(-c2cn(C)c(=O)c3cnccc23)cc(OC)c1CCN1CCC(OC2CCN(C(=O)COc3ccc(N4CCC(=O)NC4=O)cc3)CC2)CC1. The number of ether oxygens (including phenoxy) is 4. The number of benzene rings is 2. The molecule has 0 bridgehead atoms. The van der Waals surface area contributed by atoms with E-state index in [4.69, 9.17) is 18.9 Å². The van der Waals surface area contributed by atoms with Crippen LogP contribution in [-0.2, 0) is 27.8 Å². The van der Waals surface area contributed by atoms with Crippen molar-refractivity contribution < 1.29 is 33.3 Å². The molecule has 14 heteroatoms. The van der Waals surface area contributed by atoms with E-state index in [1.54, 1.807) is 62.5 Å². The minimum absolute atomic E-state index is 0.0613. The van der Waals surface area contributed by atoms with Crippen molar-refractivity contribution in [3.8, 4) is 28.4 Å². The van der Waals surface area contributed by atoms with Crippen LogP contribution in [0.25, 0.3) is 21.9 Å². The van der Waals surface area contributed by atoms with Crippen LogP contribution in [0.3, 0.4) is 0 Å². The molecule has 55 heavy (non-hydrogen) atoms. The molecule has 0 spiro atoms. The molecule has 5 heterocycles. The van der Waals surface area contributed by atoms with Crippen LogP contribution in [0.2, 0.25) is 0 Å². The Hall–Kier alpha value is -5.47. The molecule has 3 aliphatic heterocycles. The Balaban J connectivity index is 0.851. The molecule has 7 rings (SSSR count). The van der Waals surface area contributed by atoms with Gasteiger partial charge in [0, 0.05) is 88.1 Å². The minimum atomic E-state index is -0.441. The van der Waals surface area contributed by atoms with Gasteiger partial charge in [-0.05, 0) is 85.5 Å². The normalized spacial score (nSPS) is 17.4. The van der Waals surface area contributed by atoms with E-state index < -0.39 is 6.03 Å². The number of likely N-dealkylation sites (tertiary alicyclic amines) is 2. The van der Waals surface area contributed by atoms with Crippen molar-refractivity contribution in [2.24, 2.45) is 7.05 Å². The van der Waals surface area contributed by atoms with E-state index in [2.05, 4.69) is 15.2 Å². The van der Waals surface area contributed by atoms with E-state index in [1.165, 1.54) is 4.90 Å². The third-order valence-corrected chi connectivity index (χ3v) is 10.9. The molecule has 0 atom stereocenters. The van der Waals surface area contributed by atoms with Crippen LogP contribution in [0.1, 0.15) is 37.7 Å². The molecular weight excluding hydrogens is 704 g/mol. The number of fused-ring (bicyclic) bond motifs is 1. The molecule has 3 fully saturated rings. The molecule has 3 saturated heterocycles. The maximum Gasteiger partial charge on any atom is 0.328 e. The zero-order chi connectivity index (χ0) is 38.5. The fraction of sp³-hybridized carbons (Fsp3) is 0.439. The van der Waals surface area contributed by atoms with Gasteiger partial charge in [0.25, 0.3) is 11.5 Å². The summed E-state index contributed by atoms with van der Waals surface area (Å²) in [6.07, 6.45) is 9.99. The minimum Gasteiger partial charge on any atom is -0.496 e. The molecule has 290 valence electrons. The first kappa shape index (κ1) is 37.8. The van der Waals surface area contributed by atoms with E-state index in [0.717, 1.165) is 85.3 Å². The number of nitrogens with one attached hydrogen (secondary N) is 1. The Labute approximate surface area is 319 Å². The third kappa shape index (κ3) is 8.60. The van der Waals surface area contributed by atoms with Crippen LogP contribution in [0.15, 0.2) is 65.8 Å². The van der Waals surface area contributed by atoms with E-state index in [9.17, 15) is 19.2 Å². The van der Waals surface area contributed by atoms with Crippen molar-refractivity contribution in [1.82, 2.24) is 24.7 Å². The summed E-state index contributed by atoms with van der Waals surface area (Å²) in [6, 6.07) is 12.4. The average molecular weight is 753 g/mol. The van der Waals surface area contributed by atoms with Gasteiger partial charge in [0.05, 0.1) is 31.8 Å². The van der Waals surface area contributed by atoms with Crippen molar-refractivity contribution >= 4 is 34.3 Å². The monoisotopic (exact) mass is 752 g/mol. The van der Waals surface area contributed by atoms with E-state index in [0.29, 0.717) is 36.5 Å². The van der Waals surface area contributed by atoms with Crippen LogP contribution < -0.4 is 30.0 Å². The summed E-state index contributed by atoms with van der Waals surface area (Å²) in [6.45, 7) is 4.26. The van der Waals surface area contributed by atoms with E-state index >= 15 is 0 Å². The molecule has 2 aromatic heterocycles. The number of urea groups is 1. The Bertz CT molecular complexity index is 2060. The van der Waals surface area contributed by atoms with Crippen LogP contribution in [0.4, 0.5) is 10.5 Å². The smallest absolute Gasteiger partial charge is 0.328 e. The molecule has 0 radical (unpaired) electrons. The van der Waals surface area contributed by atoms with Crippen LogP contribution in [-0.4, -0.2) is 109 Å². The fourth-order valence-corrected chi connectivity index (χ4v) is 7.75. The number of methoxy groups -OCH3 is 2. The van der Waals surface area contributed by atoms with Gasteiger partial charge in [-0.3, -0.25) is 29.6 Å². The van der Waals surface area contributed by atoms with Gasteiger partial charge in [-0.1, -0.05) is 0 Å². The lowest BCUT2D eigenvalue weighted by atomic mass is 9.97. The highest BCUT2D eigenvalue weighted by molar-refractivity contribution is 6.05. The predicted molar refractivity (Wildman–Crippen MR) is 207 cm³/mol. The van der Waals surface area contributed by atoms with E-state index in [-0.39, 0.29) is 42.6 Å². The van der Waals surface area contributed by atoms with Gasteiger partial charge in [0.1, 0.15) is 17.2 Å². The van der Waals surface area contributed by atoms with Crippen molar-refractivity contribution in [2.75, 3.05) is 65.0 Å². The number of carbonyl (C=O) groups is 3. The highest BCUT2D eigenvalue weighted by Crippen LogP contribution is 2.37. The molecule has 0 unspecified atom stereocenters. The van der Waals surface area contributed by atoms with Crippen molar-refractivity contribution in [3.63, 3.8) is 0 Å². The molecule has 0 saturated carbocycles. The number of aryl methyl sites for hydroxylation is 1. The first-order chi connectivity index (χ1) is 26.7. The standard InChI is InChI=1S/C41H48N6O8/c1-44-25-35(32-8-15-42-24-34(32)40(44)50)27-22-36(52-2)33(37(23-27)53-3)13-18-45-16-9-30(10-17-45)55-31-11-19-46(20-12-31)39(49)26-54-29-6-4-28(5-7-29)47-21-14-38(48)43-41(47)51/h4-8,15,22-25,30-31H,9-14,16-21,26H2,1-3H3,(H,43,48,51). The topological polar surface area (TPSA) is 145 Å². The number of anilines is 1. The summed E-state index contributed by atoms with van der Waals surface area (Å²) < 4.78 is 25.7. The first-order valence-corrected chi connectivity index (χ1v) is 18.9. The lowest BCUT2D eigenvalue weighted by Crippen LogP contribution is -2.49. The zero-order valence-corrected chi connectivity index (χ0v) is 31.6. The molecular formula is C41H48N6O8. The van der Waals surface area contributed by atoms with Crippen LogP contribution in [0.5, 0.6) is 17.2 Å². The number of piperidine rings is 2. The van der Waals surface area contributed by atoms with Gasteiger partial charge in [0.2, 0.25) is 5.91 Å². The molecule has 1 N–H and O–H groups in total. The number of amides is 4. The molecule has 0 aliphatic carbocycles. The van der Waals surface area contributed by atoms with Crippen LogP contribution >= 0.6 is 0 Å². The van der Waals surface area contributed by atoms with Crippen molar-refractivity contribution in [2.45, 2.75) is 50.7 Å². The molecule has 14 nitrogen and oxygen atoms in total. The average Bonchev–Trinajstić information content (AvgIpc) is 3.21. The Morgan fingerprint density at radius 2 is 1.55 bits per heavy atom. The van der Waals surface area contributed by atoms with E-state index in [1.807, 2.05) is 29.3 Å². The van der Waals surface area contributed by atoms with Gasteiger partial charge in [-0.15, -0.1) is 0 Å². The summed E-state index contributed by atoms with van der Waals surface area (Å²) >= 11 is 0. The van der Waals surface area contributed by atoms with Gasteiger partial charge < -0.3 is 33.3 Å². The lowest BCUT2D eigenvalue weighted by Gasteiger charge is -2.37. The Morgan fingerprint density at radius 1 is 0.873 bits per heavy atom. The van der Waals surface area contributed by atoms with Gasteiger partial charge >= 0.3 is 6.03 Å². The molecule has 4 amide bonds. The van der Waals surface area contributed by atoms with Gasteiger partial charge in [-0.25, -0.2) is 4.79 Å². The summed E-state index contributed by atoms with van der Waals surface area (Å²) in [5.74, 6) is 1.69. The maximum atomic E-state index is 12.9. The number of rotatable bonds is 12. The Morgan fingerprint density at radius 3 is 2.20 bits per heavy atom. The summed E-state index contributed by atoms with van der Waals surface area (Å²) in [5.41, 5.74) is 3.39. The summed E-state index contributed by atoms with van der Waals surface area (Å²) in [7, 11) is 5.10. The summed E-state index contributed by atoms with van der Waals surface area (Å²) in [4.78, 5) is 59.1. The quantitative estimate of drug-likeness (QED) is 0.224. The van der Waals surface area contributed by atoms with Crippen molar-refractivity contribution in [1.29, 1.82) is 0 Å². The fourth-order valence-electron chi connectivity index (χ4n) is 7.75. The number of pyridine rings is 2. The number of hydrogen-bond acceptors (Lipinski definition) is 10. The Kier molecular flexibility index (Phi) is 11.6. The van der Waals surface area contributed by atoms with Gasteiger partial charge in [0.15, 0.2) is 6.61 Å². The second-order valence-corrected chi connectivity index (χ2v) is 14.3. The molecule has 3 aliphatic rings.